The summed E-state index contributed by atoms with van der Waals surface area (Å²) >= 11 is 0. The number of piperazine rings is 1. The molecule has 0 radical (unpaired) electrons. The van der Waals surface area contributed by atoms with Crippen LogP contribution in [-0.4, -0.2) is 61.1 Å². The predicted octanol–water partition coefficient (Wildman–Crippen LogP) is 0.468. The zero-order chi connectivity index (χ0) is 12.8. The van der Waals surface area contributed by atoms with Gasteiger partial charge in [0.25, 0.3) is 5.91 Å². The summed E-state index contributed by atoms with van der Waals surface area (Å²) in [6, 6.07) is 2.28. The van der Waals surface area contributed by atoms with E-state index in [-0.39, 0.29) is 18.1 Å². The molecule has 5 nitrogen and oxygen atoms in total. The lowest BCUT2D eigenvalue weighted by atomic mass is 10.1. The summed E-state index contributed by atoms with van der Waals surface area (Å²) in [7, 11) is 1.54. The van der Waals surface area contributed by atoms with Gasteiger partial charge >= 0.3 is 0 Å². The Balaban J connectivity index is 2.46. The Labute approximate surface area is 103 Å². The number of rotatable bonds is 4. The second-order valence-corrected chi connectivity index (χ2v) is 4.29. The van der Waals surface area contributed by atoms with Crippen LogP contribution in [-0.2, 0) is 9.53 Å². The second-order valence-electron chi connectivity index (χ2n) is 4.29. The van der Waals surface area contributed by atoms with E-state index in [1.165, 1.54) is 0 Å². The molecule has 0 aromatic carbocycles. The highest BCUT2D eigenvalue weighted by Crippen LogP contribution is 2.10. The third-order valence-electron chi connectivity index (χ3n) is 3.30. The van der Waals surface area contributed by atoms with Crippen molar-refractivity contribution < 1.29 is 9.53 Å². The van der Waals surface area contributed by atoms with Crippen molar-refractivity contribution in [3.8, 4) is 6.07 Å². The molecule has 1 saturated heterocycles. The Morgan fingerprint density at radius 3 is 2.41 bits per heavy atom. The first kappa shape index (κ1) is 13.9. The number of carbonyl (C=O) groups excluding carboxylic acids is 1. The van der Waals surface area contributed by atoms with Crippen molar-refractivity contribution in [2.75, 3.05) is 33.3 Å². The van der Waals surface area contributed by atoms with E-state index in [0.29, 0.717) is 13.1 Å². The number of hydrogen-bond acceptors (Lipinski definition) is 4. The van der Waals surface area contributed by atoms with Crippen molar-refractivity contribution in [3.05, 3.63) is 0 Å². The molecule has 0 aromatic heterocycles. The average Bonchev–Trinajstić information content (AvgIpc) is 2.39. The van der Waals surface area contributed by atoms with Crippen LogP contribution in [0.15, 0.2) is 0 Å². The largest absolute Gasteiger partial charge is 0.372 e. The summed E-state index contributed by atoms with van der Waals surface area (Å²) in [6.45, 7) is 6.69. The number of amides is 1. The van der Waals surface area contributed by atoms with Crippen LogP contribution in [0.2, 0.25) is 0 Å². The van der Waals surface area contributed by atoms with E-state index < -0.39 is 0 Å². The molecule has 0 N–H and O–H groups in total. The topological polar surface area (TPSA) is 56.6 Å². The van der Waals surface area contributed by atoms with Crippen LogP contribution in [0.4, 0.5) is 0 Å². The fraction of sp³-hybridized carbons (Fsp3) is 0.833. The molecule has 1 amide bonds. The average molecular weight is 239 g/mol. The SMILES string of the molecule is CCC(C#N)N1CCN(C(=O)C(C)OC)CC1. The molecule has 2 atom stereocenters. The smallest absolute Gasteiger partial charge is 0.251 e. The highest BCUT2D eigenvalue weighted by molar-refractivity contribution is 5.80. The fourth-order valence-electron chi connectivity index (χ4n) is 2.04. The molecule has 1 rings (SSSR count). The van der Waals surface area contributed by atoms with Gasteiger partial charge in [0.1, 0.15) is 6.10 Å². The van der Waals surface area contributed by atoms with E-state index in [4.69, 9.17) is 10.00 Å². The zero-order valence-corrected chi connectivity index (χ0v) is 10.8. The maximum absolute atomic E-state index is 11.9. The summed E-state index contributed by atoms with van der Waals surface area (Å²) in [4.78, 5) is 15.8. The minimum absolute atomic E-state index is 0.0212. The summed E-state index contributed by atoms with van der Waals surface area (Å²) in [5.74, 6) is 0.0390. The van der Waals surface area contributed by atoms with Crippen LogP contribution >= 0.6 is 0 Å². The van der Waals surface area contributed by atoms with Gasteiger partial charge < -0.3 is 9.64 Å². The molecule has 1 aliphatic rings. The fourth-order valence-corrected chi connectivity index (χ4v) is 2.04. The number of carbonyl (C=O) groups is 1. The highest BCUT2D eigenvalue weighted by Gasteiger charge is 2.27. The minimum atomic E-state index is -0.375. The van der Waals surface area contributed by atoms with Gasteiger partial charge in [-0.15, -0.1) is 0 Å². The number of methoxy groups -OCH3 is 1. The number of nitriles is 1. The van der Waals surface area contributed by atoms with Gasteiger partial charge in [-0.05, 0) is 13.3 Å². The van der Waals surface area contributed by atoms with Crippen LogP contribution < -0.4 is 0 Å². The van der Waals surface area contributed by atoms with Crippen molar-refractivity contribution in [1.29, 1.82) is 5.26 Å². The first-order valence-electron chi connectivity index (χ1n) is 6.09. The maximum atomic E-state index is 11.9. The van der Waals surface area contributed by atoms with Gasteiger partial charge in [-0.2, -0.15) is 5.26 Å². The zero-order valence-electron chi connectivity index (χ0n) is 10.8. The van der Waals surface area contributed by atoms with Gasteiger partial charge in [-0.1, -0.05) is 6.92 Å². The molecule has 1 fully saturated rings. The van der Waals surface area contributed by atoms with E-state index in [0.717, 1.165) is 19.5 Å². The minimum Gasteiger partial charge on any atom is -0.372 e. The molecule has 17 heavy (non-hydrogen) atoms. The first-order valence-corrected chi connectivity index (χ1v) is 6.09. The van der Waals surface area contributed by atoms with Crippen LogP contribution in [0, 0.1) is 11.3 Å². The lowest BCUT2D eigenvalue weighted by Gasteiger charge is -2.37. The summed E-state index contributed by atoms with van der Waals surface area (Å²) in [5.41, 5.74) is 0. The highest BCUT2D eigenvalue weighted by atomic mass is 16.5. The van der Waals surface area contributed by atoms with Gasteiger partial charge in [0, 0.05) is 33.3 Å². The van der Waals surface area contributed by atoms with Crippen molar-refractivity contribution in [2.24, 2.45) is 0 Å². The van der Waals surface area contributed by atoms with Crippen LogP contribution in [0.25, 0.3) is 0 Å². The van der Waals surface area contributed by atoms with Gasteiger partial charge in [0.15, 0.2) is 0 Å². The van der Waals surface area contributed by atoms with Gasteiger partial charge in [0.2, 0.25) is 0 Å². The normalized spacial score (nSPS) is 20.7. The Bertz CT molecular complexity index is 293. The summed E-state index contributed by atoms with van der Waals surface area (Å²) < 4.78 is 5.02. The Morgan fingerprint density at radius 2 is 2.00 bits per heavy atom. The van der Waals surface area contributed by atoms with Crippen molar-refractivity contribution in [2.45, 2.75) is 32.4 Å². The monoisotopic (exact) mass is 239 g/mol. The van der Waals surface area contributed by atoms with E-state index in [2.05, 4.69) is 11.0 Å². The van der Waals surface area contributed by atoms with Crippen molar-refractivity contribution in [1.82, 2.24) is 9.80 Å². The van der Waals surface area contributed by atoms with Gasteiger partial charge in [-0.3, -0.25) is 9.69 Å². The number of hydrogen-bond donors (Lipinski definition) is 0. The molecule has 1 aliphatic heterocycles. The lowest BCUT2D eigenvalue weighted by Crippen LogP contribution is -2.53. The molecule has 96 valence electrons. The van der Waals surface area contributed by atoms with Crippen molar-refractivity contribution in [3.63, 3.8) is 0 Å². The Hall–Kier alpha value is -1.12. The van der Waals surface area contributed by atoms with E-state index >= 15 is 0 Å². The second kappa shape index (κ2) is 6.58. The Morgan fingerprint density at radius 1 is 1.41 bits per heavy atom. The molecular weight excluding hydrogens is 218 g/mol. The van der Waals surface area contributed by atoms with E-state index in [9.17, 15) is 4.79 Å². The molecule has 0 aromatic rings. The summed E-state index contributed by atoms with van der Waals surface area (Å²) in [6.07, 6.45) is 0.457. The molecule has 0 saturated carbocycles. The maximum Gasteiger partial charge on any atom is 0.251 e. The third-order valence-corrected chi connectivity index (χ3v) is 3.30. The van der Waals surface area contributed by atoms with Crippen LogP contribution in [0.3, 0.4) is 0 Å². The predicted molar refractivity (Wildman–Crippen MR) is 64.3 cm³/mol. The van der Waals surface area contributed by atoms with E-state index in [1.54, 1.807) is 14.0 Å². The van der Waals surface area contributed by atoms with Crippen LogP contribution in [0.5, 0.6) is 0 Å². The lowest BCUT2D eigenvalue weighted by molar-refractivity contribution is -0.142. The molecule has 0 bridgehead atoms. The Kier molecular flexibility index (Phi) is 5.39. The molecule has 0 spiro atoms. The molecule has 2 unspecified atom stereocenters. The number of ether oxygens (including phenoxy) is 1. The summed E-state index contributed by atoms with van der Waals surface area (Å²) in [5, 5.41) is 8.99. The third kappa shape index (κ3) is 3.42. The van der Waals surface area contributed by atoms with Gasteiger partial charge in [0.05, 0.1) is 12.1 Å². The quantitative estimate of drug-likeness (QED) is 0.715. The molecule has 1 heterocycles. The molecular formula is C12H21N3O2. The first-order chi connectivity index (χ1) is 8.13. The van der Waals surface area contributed by atoms with E-state index in [1.807, 2.05) is 11.8 Å². The van der Waals surface area contributed by atoms with Crippen LogP contribution in [0.1, 0.15) is 20.3 Å². The van der Waals surface area contributed by atoms with Gasteiger partial charge in [-0.25, -0.2) is 0 Å². The molecule has 5 heteroatoms. The number of nitrogens with zero attached hydrogens (tertiary/aromatic N) is 3. The molecule has 0 aliphatic carbocycles. The van der Waals surface area contributed by atoms with Crippen molar-refractivity contribution >= 4 is 5.91 Å². The standard InChI is InChI=1S/C12H21N3O2/c1-4-11(9-13)14-5-7-15(8-6-14)12(16)10(2)17-3/h10-11H,4-8H2,1-3H3.